The topological polar surface area (TPSA) is 45.1 Å². The number of aromatic nitrogens is 1. The minimum absolute atomic E-state index is 0.0216. The third-order valence-electron chi connectivity index (χ3n) is 4.51. The molecule has 0 bridgehead atoms. The Balaban J connectivity index is 1.84. The Morgan fingerprint density at radius 2 is 1.86 bits per heavy atom. The van der Waals surface area contributed by atoms with Crippen LogP contribution in [0.1, 0.15) is 50.1 Å². The predicted molar refractivity (Wildman–Crippen MR) is 86.2 cm³/mol. The highest BCUT2D eigenvalue weighted by molar-refractivity contribution is 5.82. The highest BCUT2D eigenvalue weighted by atomic mass is 16.3. The van der Waals surface area contributed by atoms with Crippen LogP contribution in [0, 0.1) is 0 Å². The summed E-state index contributed by atoms with van der Waals surface area (Å²) in [5.41, 5.74) is 2.11. The third-order valence-corrected chi connectivity index (χ3v) is 4.51. The van der Waals surface area contributed by atoms with Gasteiger partial charge in [-0.25, -0.2) is 0 Å². The second kappa shape index (κ2) is 7.01. The monoisotopic (exact) mass is 284 g/mol. The van der Waals surface area contributed by atoms with Gasteiger partial charge in [-0.05, 0) is 24.5 Å². The first-order chi connectivity index (χ1) is 10.4. The molecular formula is C18H24N2O. The van der Waals surface area contributed by atoms with Gasteiger partial charge in [0.25, 0.3) is 0 Å². The van der Waals surface area contributed by atoms with Crippen LogP contribution < -0.4 is 5.32 Å². The lowest BCUT2D eigenvalue weighted by atomic mass is 10.0. The molecule has 1 aromatic heterocycles. The molecule has 1 aliphatic carbocycles. The molecule has 21 heavy (non-hydrogen) atoms. The van der Waals surface area contributed by atoms with Crippen molar-refractivity contribution in [2.75, 3.05) is 6.61 Å². The van der Waals surface area contributed by atoms with Crippen molar-refractivity contribution in [1.82, 2.24) is 10.3 Å². The second-order valence-electron chi connectivity index (χ2n) is 6.01. The van der Waals surface area contributed by atoms with Gasteiger partial charge in [-0.15, -0.1) is 0 Å². The van der Waals surface area contributed by atoms with Gasteiger partial charge >= 0.3 is 0 Å². The van der Waals surface area contributed by atoms with E-state index >= 15 is 0 Å². The molecule has 0 amide bonds. The molecule has 1 saturated carbocycles. The average molecular weight is 284 g/mol. The van der Waals surface area contributed by atoms with E-state index in [1.54, 1.807) is 0 Å². The standard InChI is InChI=1S/C18H24N2O/c21-13-17(20-15-9-3-1-2-4-10-15)16-11-5-7-14-8-6-12-19-18(14)16/h5-8,11-12,15,17,20-21H,1-4,9-10,13H2. The lowest BCUT2D eigenvalue weighted by molar-refractivity contribution is 0.229. The Hall–Kier alpha value is -1.45. The first kappa shape index (κ1) is 14.5. The van der Waals surface area contributed by atoms with E-state index in [0.717, 1.165) is 16.5 Å². The molecule has 1 aromatic carbocycles. The van der Waals surface area contributed by atoms with E-state index in [-0.39, 0.29) is 12.6 Å². The summed E-state index contributed by atoms with van der Waals surface area (Å²) in [6.45, 7) is 0.117. The first-order valence-corrected chi connectivity index (χ1v) is 8.09. The van der Waals surface area contributed by atoms with Crippen LogP contribution in [0.15, 0.2) is 36.5 Å². The Morgan fingerprint density at radius 3 is 2.62 bits per heavy atom. The molecule has 2 aromatic rings. The molecule has 3 rings (SSSR count). The van der Waals surface area contributed by atoms with E-state index in [1.807, 2.05) is 12.3 Å². The van der Waals surface area contributed by atoms with E-state index in [4.69, 9.17) is 0 Å². The van der Waals surface area contributed by atoms with E-state index in [9.17, 15) is 5.11 Å². The summed E-state index contributed by atoms with van der Waals surface area (Å²) in [6, 6.07) is 10.7. The van der Waals surface area contributed by atoms with Gasteiger partial charge in [0.1, 0.15) is 0 Å². The van der Waals surface area contributed by atoms with Crippen LogP contribution in [0.3, 0.4) is 0 Å². The smallest absolute Gasteiger partial charge is 0.0750 e. The van der Waals surface area contributed by atoms with Crippen molar-refractivity contribution in [3.63, 3.8) is 0 Å². The van der Waals surface area contributed by atoms with Crippen LogP contribution in [0.4, 0.5) is 0 Å². The number of hydrogen-bond acceptors (Lipinski definition) is 3. The zero-order valence-corrected chi connectivity index (χ0v) is 12.5. The second-order valence-corrected chi connectivity index (χ2v) is 6.01. The summed E-state index contributed by atoms with van der Waals surface area (Å²) >= 11 is 0. The van der Waals surface area contributed by atoms with Crippen LogP contribution in [0.2, 0.25) is 0 Å². The summed E-state index contributed by atoms with van der Waals surface area (Å²) in [4.78, 5) is 4.51. The Morgan fingerprint density at radius 1 is 1.10 bits per heavy atom. The molecule has 0 saturated heterocycles. The van der Waals surface area contributed by atoms with Crippen molar-refractivity contribution in [1.29, 1.82) is 0 Å². The average Bonchev–Trinajstić information content (AvgIpc) is 2.81. The molecule has 112 valence electrons. The van der Waals surface area contributed by atoms with Gasteiger partial charge in [0.05, 0.1) is 18.2 Å². The van der Waals surface area contributed by atoms with Crippen molar-refractivity contribution >= 4 is 10.9 Å². The number of hydrogen-bond donors (Lipinski definition) is 2. The molecule has 1 aliphatic rings. The van der Waals surface area contributed by atoms with Crippen molar-refractivity contribution < 1.29 is 5.11 Å². The first-order valence-electron chi connectivity index (χ1n) is 8.09. The minimum Gasteiger partial charge on any atom is -0.394 e. The lowest BCUT2D eigenvalue weighted by Gasteiger charge is -2.24. The van der Waals surface area contributed by atoms with Gasteiger partial charge in [-0.2, -0.15) is 0 Å². The fourth-order valence-corrected chi connectivity index (χ4v) is 3.38. The fourth-order valence-electron chi connectivity index (χ4n) is 3.38. The molecule has 3 nitrogen and oxygen atoms in total. The van der Waals surface area contributed by atoms with Gasteiger partial charge < -0.3 is 10.4 Å². The van der Waals surface area contributed by atoms with E-state index < -0.39 is 0 Å². The number of aliphatic hydroxyl groups excluding tert-OH is 1. The number of fused-ring (bicyclic) bond motifs is 1. The summed E-state index contributed by atoms with van der Waals surface area (Å²) < 4.78 is 0. The van der Waals surface area contributed by atoms with Gasteiger partial charge in [0.15, 0.2) is 0 Å². The van der Waals surface area contributed by atoms with Crippen LogP contribution in [0.5, 0.6) is 0 Å². The molecule has 2 N–H and O–H groups in total. The quantitative estimate of drug-likeness (QED) is 0.844. The maximum Gasteiger partial charge on any atom is 0.0750 e. The summed E-state index contributed by atoms with van der Waals surface area (Å²) in [7, 11) is 0. The molecule has 3 heteroatoms. The Kier molecular flexibility index (Phi) is 4.84. The van der Waals surface area contributed by atoms with E-state index in [2.05, 4.69) is 34.6 Å². The zero-order valence-electron chi connectivity index (χ0n) is 12.5. The van der Waals surface area contributed by atoms with Crippen molar-refractivity contribution in [3.05, 3.63) is 42.1 Å². The number of para-hydroxylation sites is 1. The number of pyridine rings is 1. The highest BCUT2D eigenvalue weighted by Crippen LogP contribution is 2.25. The third kappa shape index (κ3) is 3.42. The normalized spacial score (nSPS) is 18.5. The van der Waals surface area contributed by atoms with Gasteiger partial charge in [-0.3, -0.25) is 4.98 Å². The maximum absolute atomic E-state index is 9.85. The number of nitrogens with one attached hydrogen (secondary N) is 1. The fraction of sp³-hybridized carbons (Fsp3) is 0.500. The molecular weight excluding hydrogens is 260 g/mol. The van der Waals surface area contributed by atoms with Crippen molar-refractivity contribution in [2.24, 2.45) is 0 Å². The van der Waals surface area contributed by atoms with Crippen molar-refractivity contribution in [3.8, 4) is 0 Å². The van der Waals surface area contributed by atoms with Crippen molar-refractivity contribution in [2.45, 2.75) is 50.6 Å². The molecule has 0 radical (unpaired) electrons. The molecule has 0 spiro atoms. The van der Waals surface area contributed by atoms with E-state index in [1.165, 1.54) is 38.5 Å². The highest BCUT2D eigenvalue weighted by Gasteiger charge is 2.19. The number of benzene rings is 1. The molecule has 1 fully saturated rings. The maximum atomic E-state index is 9.85. The van der Waals surface area contributed by atoms with Gasteiger partial charge in [0.2, 0.25) is 0 Å². The van der Waals surface area contributed by atoms with E-state index in [0.29, 0.717) is 6.04 Å². The van der Waals surface area contributed by atoms with Crippen LogP contribution in [0.25, 0.3) is 10.9 Å². The Bertz CT molecular complexity index is 571. The minimum atomic E-state index is -0.0216. The van der Waals surface area contributed by atoms with Gasteiger partial charge in [0, 0.05) is 17.6 Å². The summed E-state index contributed by atoms with van der Waals surface area (Å²) in [5.74, 6) is 0. The lowest BCUT2D eigenvalue weighted by Crippen LogP contribution is -2.34. The number of aliphatic hydroxyl groups is 1. The summed E-state index contributed by atoms with van der Waals surface area (Å²) in [6.07, 6.45) is 9.54. The number of nitrogens with zero attached hydrogens (tertiary/aromatic N) is 1. The number of rotatable bonds is 4. The largest absolute Gasteiger partial charge is 0.394 e. The zero-order chi connectivity index (χ0) is 14.5. The molecule has 1 atom stereocenters. The molecule has 1 unspecified atom stereocenters. The van der Waals surface area contributed by atoms with Crippen LogP contribution >= 0.6 is 0 Å². The molecule has 0 aliphatic heterocycles. The Labute approximate surface area is 126 Å². The predicted octanol–water partition coefficient (Wildman–Crippen LogP) is 3.58. The van der Waals surface area contributed by atoms with Gasteiger partial charge in [-0.1, -0.05) is 49.9 Å². The molecule has 1 heterocycles. The van der Waals surface area contributed by atoms with Crippen LogP contribution in [-0.2, 0) is 0 Å². The van der Waals surface area contributed by atoms with Crippen LogP contribution in [-0.4, -0.2) is 22.7 Å². The SMILES string of the molecule is OCC(NC1CCCCCC1)c1cccc2cccnc12. The summed E-state index contributed by atoms with van der Waals surface area (Å²) in [5, 5.41) is 14.6.